The molecule has 1 aliphatic carbocycles. The average Bonchev–Trinajstić information content (AvgIpc) is 1.90. The number of hydrogen-bond acceptors (Lipinski definition) is 1. The van der Waals surface area contributed by atoms with Crippen LogP contribution in [0.5, 0.6) is 0 Å². The first-order valence-corrected chi connectivity index (χ1v) is 3.62. The predicted molar refractivity (Wildman–Crippen MR) is 38.1 cm³/mol. The number of aliphatic hydroxyl groups excluding tert-OH is 1. The molecule has 0 spiro atoms. The van der Waals surface area contributed by atoms with Crippen LogP contribution in [0.3, 0.4) is 0 Å². The lowest BCUT2D eigenvalue weighted by atomic mass is 9.90. The Morgan fingerprint density at radius 2 is 2.22 bits per heavy atom. The van der Waals surface area contributed by atoms with Crippen LogP contribution in [0.25, 0.3) is 0 Å². The summed E-state index contributed by atoms with van der Waals surface area (Å²) in [6.45, 7) is 2.54. The second-order valence-corrected chi connectivity index (χ2v) is 2.88. The minimum atomic E-state index is 0.323. The molecule has 0 heterocycles. The summed E-state index contributed by atoms with van der Waals surface area (Å²) in [5, 5.41) is 8.73. The lowest BCUT2D eigenvalue weighted by Crippen LogP contribution is -2.09. The third-order valence-electron chi connectivity index (χ3n) is 1.94. The first kappa shape index (κ1) is 6.81. The molecule has 1 rings (SSSR count). The van der Waals surface area contributed by atoms with Crippen molar-refractivity contribution in [3.8, 4) is 0 Å². The van der Waals surface area contributed by atoms with Gasteiger partial charge in [-0.2, -0.15) is 0 Å². The fraction of sp³-hybridized carbons (Fsp3) is 0.750. The van der Waals surface area contributed by atoms with Crippen LogP contribution in [0.1, 0.15) is 19.8 Å². The zero-order chi connectivity index (χ0) is 6.69. The van der Waals surface area contributed by atoms with Gasteiger partial charge in [-0.25, -0.2) is 0 Å². The van der Waals surface area contributed by atoms with Crippen molar-refractivity contribution in [1.29, 1.82) is 0 Å². The van der Waals surface area contributed by atoms with E-state index < -0.39 is 0 Å². The molecular formula is C8H14O. The third kappa shape index (κ3) is 1.83. The molecule has 0 saturated heterocycles. The molecule has 0 bridgehead atoms. The Balaban J connectivity index is 2.38. The van der Waals surface area contributed by atoms with E-state index in [9.17, 15) is 0 Å². The van der Waals surface area contributed by atoms with E-state index in [4.69, 9.17) is 5.11 Å². The summed E-state index contributed by atoms with van der Waals surface area (Å²) >= 11 is 0. The molecule has 9 heavy (non-hydrogen) atoms. The van der Waals surface area contributed by atoms with Crippen molar-refractivity contribution < 1.29 is 5.11 Å². The zero-order valence-corrected chi connectivity index (χ0v) is 5.88. The van der Waals surface area contributed by atoms with Crippen LogP contribution in [0.15, 0.2) is 12.2 Å². The second-order valence-electron chi connectivity index (χ2n) is 2.88. The van der Waals surface area contributed by atoms with E-state index >= 15 is 0 Å². The number of allylic oxidation sites excluding steroid dienone is 1. The van der Waals surface area contributed by atoms with Crippen LogP contribution in [0.4, 0.5) is 0 Å². The highest BCUT2D eigenvalue weighted by Gasteiger charge is 2.10. The van der Waals surface area contributed by atoms with Crippen molar-refractivity contribution in [1.82, 2.24) is 0 Å². The summed E-state index contributed by atoms with van der Waals surface area (Å²) in [6.07, 6.45) is 6.73. The maximum atomic E-state index is 8.73. The molecule has 52 valence electrons. The summed E-state index contributed by atoms with van der Waals surface area (Å²) in [6, 6.07) is 0. The van der Waals surface area contributed by atoms with Gasteiger partial charge in [0.1, 0.15) is 0 Å². The number of hydrogen-bond donors (Lipinski definition) is 1. The monoisotopic (exact) mass is 126 g/mol. The highest BCUT2D eigenvalue weighted by molar-refractivity contribution is 4.96. The summed E-state index contributed by atoms with van der Waals surface area (Å²) in [5.41, 5.74) is 0. The molecule has 1 N–H and O–H groups in total. The van der Waals surface area contributed by atoms with Gasteiger partial charge in [-0.3, -0.25) is 0 Å². The molecule has 0 aliphatic heterocycles. The van der Waals surface area contributed by atoms with E-state index in [0.717, 1.165) is 12.3 Å². The van der Waals surface area contributed by atoms with Gasteiger partial charge in [0.05, 0.1) is 0 Å². The molecule has 0 aromatic rings. The van der Waals surface area contributed by atoms with Crippen molar-refractivity contribution in [2.75, 3.05) is 6.61 Å². The van der Waals surface area contributed by atoms with Gasteiger partial charge in [0.25, 0.3) is 0 Å². The van der Waals surface area contributed by atoms with E-state index in [2.05, 4.69) is 19.1 Å². The quantitative estimate of drug-likeness (QED) is 0.529. The first-order chi connectivity index (χ1) is 4.33. The molecule has 0 unspecified atom stereocenters. The van der Waals surface area contributed by atoms with Crippen molar-refractivity contribution in [2.24, 2.45) is 11.8 Å². The maximum Gasteiger partial charge on any atom is 0.0493 e. The first-order valence-electron chi connectivity index (χ1n) is 3.62. The van der Waals surface area contributed by atoms with Gasteiger partial charge >= 0.3 is 0 Å². The van der Waals surface area contributed by atoms with Crippen LogP contribution < -0.4 is 0 Å². The van der Waals surface area contributed by atoms with Crippen LogP contribution in [0.2, 0.25) is 0 Å². The van der Waals surface area contributed by atoms with Crippen LogP contribution in [-0.4, -0.2) is 11.7 Å². The maximum absolute atomic E-state index is 8.73. The molecule has 0 radical (unpaired) electrons. The minimum Gasteiger partial charge on any atom is -0.396 e. The Hall–Kier alpha value is -0.300. The zero-order valence-electron chi connectivity index (χ0n) is 5.88. The molecule has 0 amide bonds. The molecule has 2 atom stereocenters. The van der Waals surface area contributed by atoms with Gasteiger partial charge in [-0.1, -0.05) is 19.1 Å². The lowest BCUT2D eigenvalue weighted by molar-refractivity contribution is 0.236. The molecular weight excluding hydrogens is 112 g/mol. The van der Waals surface area contributed by atoms with Gasteiger partial charge in [-0.05, 0) is 24.7 Å². The van der Waals surface area contributed by atoms with Gasteiger partial charge in [0.15, 0.2) is 0 Å². The van der Waals surface area contributed by atoms with Gasteiger partial charge in [0, 0.05) is 6.61 Å². The minimum absolute atomic E-state index is 0.323. The largest absolute Gasteiger partial charge is 0.396 e. The standard InChI is InChI=1S/C8H14O/c1-7-2-4-8(6-9)5-3-7/h2,4,7-9H,3,5-6H2,1H3/t7-,8+/m1/s1. The molecule has 1 nitrogen and oxygen atoms in total. The molecule has 0 aromatic heterocycles. The van der Waals surface area contributed by atoms with Crippen molar-refractivity contribution >= 4 is 0 Å². The molecule has 0 aromatic carbocycles. The SMILES string of the molecule is C[C@@H]1C=C[C@H](CO)CC1. The highest BCUT2D eigenvalue weighted by Crippen LogP contribution is 2.20. The fourth-order valence-electron chi connectivity index (χ4n) is 1.17. The average molecular weight is 126 g/mol. The summed E-state index contributed by atoms with van der Waals surface area (Å²) in [5.74, 6) is 1.17. The summed E-state index contributed by atoms with van der Waals surface area (Å²) in [7, 11) is 0. The molecule has 1 aliphatic rings. The van der Waals surface area contributed by atoms with Crippen LogP contribution >= 0.6 is 0 Å². The Morgan fingerprint density at radius 1 is 1.44 bits per heavy atom. The third-order valence-corrected chi connectivity index (χ3v) is 1.94. The summed E-state index contributed by atoms with van der Waals surface area (Å²) < 4.78 is 0. The number of rotatable bonds is 1. The summed E-state index contributed by atoms with van der Waals surface area (Å²) in [4.78, 5) is 0. The molecule has 1 heteroatoms. The second kappa shape index (κ2) is 3.02. The number of aliphatic hydroxyl groups is 1. The van der Waals surface area contributed by atoms with E-state index in [1.165, 1.54) is 6.42 Å². The molecule has 0 saturated carbocycles. The Bertz CT molecular complexity index is 107. The highest BCUT2D eigenvalue weighted by atomic mass is 16.3. The van der Waals surface area contributed by atoms with Gasteiger partial charge in [-0.15, -0.1) is 0 Å². The Kier molecular flexibility index (Phi) is 2.29. The van der Waals surface area contributed by atoms with E-state index in [-0.39, 0.29) is 0 Å². The molecule has 0 fully saturated rings. The van der Waals surface area contributed by atoms with Gasteiger partial charge in [0.2, 0.25) is 0 Å². The van der Waals surface area contributed by atoms with E-state index in [0.29, 0.717) is 12.5 Å². The normalized spacial score (nSPS) is 34.9. The van der Waals surface area contributed by atoms with Crippen molar-refractivity contribution in [3.63, 3.8) is 0 Å². The van der Waals surface area contributed by atoms with Crippen LogP contribution in [0, 0.1) is 11.8 Å². The van der Waals surface area contributed by atoms with E-state index in [1.807, 2.05) is 0 Å². The lowest BCUT2D eigenvalue weighted by Gasteiger charge is -2.17. The Labute approximate surface area is 56.4 Å². The smallest absolute Gasteiger partial charge is 0.0493 e. The van der Waals surface area contributed by atoms with Crippen molar-refractivity contribution in [3.05, 3.63) is 12.2 Å². The van der Waals surface area contributed by atoms with Crippen LogP contribution in [-0.2, 0) is 0 Å². The van der Waals surface area contributed by atoms with Crippen molar-refractivity contribution in [2.45, 2.75) is 19.8 Å². The van der Waals surface area contributed by atoms with E-state index in [1.54, 1.807) is 0 Å². The topological polar surface area (TPSA) is 20.2 Å². The Morgan fingerprint density at radius 3 is 2.67 bits per heavy atom. The predicted octanol–water partition coefficient (Wildman–Crippen LogP) is 1.58. The fourth-order valence-corrected chi connectivity index (χ4v) is 1.17. The van der Waals surface area contributed by atoms with Gasteiger partial charge < -0.3 is 5.11 Å².